The van der Waals surface area contributed by atoms with Crippen LogP contribution in [0.1, 0.15) is 11.4 Å². The molecule has 0 fully saturated rings. The second-order valence-electron chi connectivity index (χ2n) is 4.80. The van der Waals surface area contributed by atoms with Crippen molar-refractivity contribution < 1.29 is 8.42 Å². The lowest BCUT2D eigenvalue weighted by molar-refractivity contribution is 0.598. The molecule has 8 nitrogen and oxygen atoms in total. The Morgan fingerprint density at radius 3 is 2.88 bits per heavy atom. The molecule has 0 aliphatic rings. The van der Waals surface area contributed by atoms with Crippen LogP contribution in [0.4, 0.5) is 5.69 Å². The molecule has 2 aromatic heterocycles. The minimum Gasteiger partial charge on any atom is -0.377 e. The van der Waals surface area contributed by atoms with Crippen LogP contribution in [0.5, 0.6) is 0 Å². The average Bonchev–Trinajstić information content (AvgIpc) is 3.22. The predicted octanol–water partition coefficient (Wildman–Crippen LogP) is 1.66. The van der Waals surface area contributed by atoms with Gasteiger partial charge in [-0.1, -0.05) is 6.07 Å². The van der Waals surface area contributed by atoms with Crippen LogP contribution in [-0.4, -0.2) is 23.6 Å². The number of aromatic amines is 1. The highest BCUT2D eigenvalue weighted by molar-refractivity contribution is 7.89. The van der Waals surface area contributed by atoms with Crippen LogP contribution >= 0.6 is 11.3 Å². The highest BCUT2D eigenvalue weighted by Crippen LogP contribution is 2.22. The quantitative estimate of drug-likeness (QED) is 0.633. The Hall–Kier alpha value is -2.74. The van der Waals surface area contributed by atoms with Gasteiger partial charge in [0.2, 0.25) is 10.0 Å². The summed E-state index contributed by atoms with van der Waals surface area (Å²) in [7, 11) is -3.85. The topological polar surface area (TPSA) is 138 Å². The number of H-pyrrole nitrogens is 1. The summed E-state index contributed by atoms with van der Waals surface area (Å²) < 4.78 is 22.7. The Morgan fingerprint density at radius 1 is 1.38 bits per heavy atom. The Balaban J connectivity index is 1.76. The summed E-state index contributed by atoms with van der Waals surface area (Å²) in [6.45, 7) is 0.307. The zero-order valence-electron chi connectivity index (χ0n) is 12.2. The number of rotatable bonds is 5. The van der Waals surface area contributed by atoms with E-state index in [1.54, 1.807) is 0 Å². The second-order valence-corrected chi connectivity index (χ2v) is 7.31. The molecular weight excluding hydrogens is 348 g/mol. The van der Waals surface area contributed by atoms with Crippen molar-refractivity contribution in [2.75, 3.05) is 5.32 Å². The zero-order chi connectivity index (χ0) is 17.2. The van der Waals surface area contributed by atoms with Gasteiger partial charge in [-0.2, -0.15) is 10.4 Å². The number of nitrogens with zero attached hydrogens (tertiary/aromatic N) is 3. The van der Waals surface area contributed by atoms with Crippen molar-refractivity contribution in [3.63, 3.8) is 0 Å². The Bertz CT molecular complexity index is 1000. The van der Waals surface area contributed by atoms with Gasteiger partial charge in [-0.3, -0.25) is 5.10 Å². The average molecular weight is 360 g/mol. The normalized spacial score (nSPS) is 11.2. The summed E-state index contributed by atoms with van der Waals surface area (Å²) in [4.78, 5) is 5.21. The molecule has 24 heavy (non-hydrogen) atoms. The van der Waals surface area contributed by atoms with Crippen molar-refractivity contribution in [2.45, 2.75) is 11.4 Å². The molecule has 3 rings (SSSR count). The molecule has 2 heterocycles. The molecule has 1 aromatic carbocycles. The molecule has 3 aromatic rings. The third-order valence-corrected chi connectivity index (χ3v) is 4.94. The van der Waals surface area contributed by atoms with E-state index in [4.69, 9.17) is 5.14 Å². The number of nitrogens with two attached hydrogens (primary N) is 1. The second kappa shape index (κ2) is 6.40. The van der Waals surface area contributed by atoms with Crippen LogP contribution in [0, 0.1) is 11.3 Å². The first kappa shape index (κ1) is 16.1. The molecule has 4 N–H and O–H groups in total. The van der Waals surface area contributed by atoms with E-state index in [1.807, 2.05) is 23.6 Å². The summed E-state index contributed by atoms with van der Waals surface area (Å²) in [5, 5.41) is 26.2. The zero-order valence-corrected chi connectivity index (χ0v) is 13.9. The Labute approximate surface area is 142 Å². The maximum absolute atomic E-state index is 11.3. The van der Waals surface area contributed by atoms with Crippen molar-refractivity contribution in [3.8, 4) is 16.8 Å². The van der Waals surface area contributed by atoms with Gasteiger partial charge in [-0.05, 0) is 29.6 Å². The molecule has 0 radical (unpaired) electrons. The lowest BCUT2D eigenvalue weighted by atomic mass is 10.2. The molecule has 122 valence electrons. The molecule has 0 spiro atoms. The first-order valence-electron chi connectivity index (χ1n) is 6.73. The van der Waals surface area contributed by atoms with Crippen LogP contribution in [0.2, 0.25) is 0 Å². The number of anilines is 1. The first-order valence-corrected chi connectivity index (χ1v) is 9.16. The molecule has 0 saturated carbocycles. The maximum Gasteiger partial charge on any atom is 0.238 e. The number of aromatic nitrogens is 3. The minimum atomic E-state index is -3.85. The fraction of sp³-hybridized carbons (Fsp3) is 0.0714. The number of sulfonamides is 1. The number of nitrogens with one attached hydrogen (secondary N) is 2. The van der Waals surface area contributed by atoms with Gasteiger partial charge in [0.1, 0.15) is 11.9 Å². The van der Waals surface area contributed by atoms with E-state index in [0.717, 1.165) is 4.88 Å². The third kappa shape index (κ3) is 3.43. The predicted molar refractivity (Wildman–Crippen MR) is 89.6 cm³/mol. The SMILES string of the molecule is N#Cc1cc(S(N)(=O)=O)ccc1NCc1nc(-c2cccs2)n[nH]1. The van der Waals surface area contributed by atoms with Gasteiger partial charge in [-0.25, -0.2) is 18.5 Å². The van der Waals surface area contributed by atoms with E-state index in [1.165, 1.54) is 29.5 Å². The van der Waals surface area contributed by atoms with Gasteiger partial charge in [0.15, 0.2) is 5.82 Å². The fourth-order valence-electron chi connectivity index (χ4n) is 2.02. The van der Waals surface area contributed by atoms with Crippen LogP contribution in [-0.2, 0) is 16.6 Å². The van der Waals surface area contributed by atoms with Gasteiger partial charge in [0, 0.05) is 0 Å². The first-order chi connectivity index (χ1) is 11.5. The van der Waals surface area contributed by atoms with E-state index in [0.29, 0.717) is 23.9 Å². The summed E-state index contributed by atoms with van der Waals surface area (Å²) in [5.74, 6) is 1.20. The Morgan fingerprint density at radius 2 is 2.21 bits per heavy atom. The molecule has 0 atom stereocenters. The summed E-state index contributed by atoms with van der Waals surface area (Å²) in [6.07, 6.45) is 0. The minimum absolute atomic E-state index is 0.107. The summed E-state index contributed by atoms with van der Waals surface area (Å²) in [6, 6.07) is 9.85. The highest BCUT2D eigenvalue weighted by Gasteiger charge is 2.12. The van der Waals surface area contributed by atoms with Gasteiger partial charge < -0.3 is 5.32 Å². The monoisotopic (exact) mass is 360 g/mol. The third-order valence-electron chi connectivity index (χ3n) is 3.16. The fourth-order valence-corrected chi connectivity index (χ4v) is 3.21. The molecule has 0 saturated heterocycles. The van der Waals surface area contributed by atoms with Gasteiger partial charge in [-0.15, -0.1) is 11.3 Å². The van der Waals surface area contributed by atoms with Crippen molar-refractivity contribution in [2.24, 2.45) is 5.14 Å². The molecule has 0 aliphatic carbocycles. The lowest BCUT2D eigenvalue weighted by Crippen LogP contribution is -2.12. The molecular formula is C14H12N6O2S2. The van der Waals surface area contributed by atoms with Gasteiger partial charge in [0.25, 0.3) is 0 Å². The molecule has 0 unspecified atom stereocenters. The van der Waals surface area contributed by atoms with Crippen molar-refractivity contribution >= 4 is 27.0 Å². The van der Waals surface area contributed by atoms with Gasteiger partial charge >= 0.3 is 0 Å². The lowest BCUT2D eigenvalue weighted by Gasteiger charge is -2.07. The largest absolute Gasteiger partial charge is 0.377 e. The number of hydrogen-bond acceptors (Lipinski definition) is 7. The van der Waals surface area contributed by atoms with Crippen LogP contribution in [0.25, 0.3) is 10.7 Å². The van der Waals surface area contributed by atoms with Crippen molar-refractivity contribution in [3.05, 3.63) is 47.1 Å². The molecule has 0 amide bonds. The number of nitriles is 1. The molecule has 10 heteroatoms. The van der Waals surface area contributed by atoms with Gasteiger partial charge in [0.05, 0.1) is 27.6 Å². The van der Waals surface area contributed by atoms with Crippen molar-refractivity contribution in [1.29, 1.82) is 5.26 Å². The van der Waals surface area contributed by atoms with E-state index < -0.39 is 10.0 Å². The van der Waals surface area contributed by atoms with E-state index in [2.05, 4.69) is 20.5 Å². The number of primary sulfonamides is 1. The Kier molecular flexibility index (Phi) is 4.30. The van der Waals surface area contributed by atoms with E-state index in [9.17, 15) is 13.7 Å². The number of hydrogen-bond donors (Lipinski definition) is 3. The number of thiophene rings is 1. The molecule has 0 aliphatic heterocycles. The molecule has 0 bridgehead atoms. The smallest absolute Gasteiger partial charge is 0.238 e. The van der Waals surface area contributed by atoms with Crippen molar-refractivity contribution in [1.82, 2.24) is 15.2 Å². The summed E-state index contributed by atoms with van der Waals surface area (Å²) in [5.41, 5.74) is 0.665. The summed E-state index contributed by atoms with van der Waals surface area (Å²) >= 11 is 1.54. The van der Waals surface area contributed by atoms with E-state index in [-0.39, 0.29) is 10.5 Å². The van der Waals surface area contributed by atoms with Crippen LogP contribution in [0.15, 0.2) is 40.6 Å². The van der Waals surface area contributed by atoms with Crippen LogP contribution in [0.3, 0.4) is 0 Å². The van der Waals surface area contributed by atoms with Crippen LogP contribution < -0.4 is 10.5 Å². The standard InChI is InChI=1S/C14H12N6O2S2/c15-7-9-6-10(24(16,21)22)3-4-11(9)17-8-13-18-14(20-19-13)12-2-1-5-23-12/h1-6,17H,8H2,(H2,16,21,22)(H,18,19,20). The highest BCUT2D eigenvalue weighted by atomic mass is 32.2. The maximum atomic E-state index is 11.3. The van der Waals surface area contributed by atoms with E-state index >= 15 is 0 Å². The number of benzene rings is 1.